The second-order valence-electron chi connectivity index (χ2n) is 8.62. The van der Waals surface area contributed by atoms with Crippen LogP contribution in [-0.4, -0.2) is 73.7 Å². The van der Waals surface area contributed by atoms with Gasteiger partial charge in [0, 0.05) is 26.3 Å². The van der Waals surface area contributed by atoms with Gasteiger partial charge in [0.25, 0.3) is 5.78 Å². The number of aryl methyl sites for hydroxylation is 1. The lowest BCUT2D eigenvalue weighted by molar-refractivity contribution is -0.142. The SMILES string of the molecule is COc1cnc(-n2cnc(C)n2)c2[nH]cc(C(=O)C(=O)N3CCC(=C(C#N)c4ccccc4)CN3C)c12. The highest BCUT2D eigenvalue weighted by Crippen LogP contribution is 2.32. The summed E-state index contributed by atoms with van der Waals surface area (Å²) in [6.45, 7) is 2.39. The molecule has 4 heterocycles. The largest absolute Gasteiger partial charge is 0.494 e. The number of ether oxygens (including phenoxy) is 1. The number of rotatable bonds is 5. The zero-order valence-corrected chi connectivity index (χ0v) is 20.6. The Morgan fingerprint density at radius 3 is 2.62 bits per heavy atom. The Morgan fingerprint density at radius 1 is 1.19 bits per heavy atom. The minimum absolute atomic E-state index is 0.175. The van der Waals surface area contributed by atoms with Crippen LogP contribution in [0.15, 0.2) is 54.6 Å². The summed E-state index contributed by atoms with van der Waals surface area (Å²) >= 11 is 0. The number of aromatic nitrogens is 5. The third kappa shape index (κ3) is 4.23. The van der Waals surface area contributed by atoms with Gasteiger partial charge in [0.05, 0.1) is 41.4 Å². The van der Waals surface area contributed by atoms with Crippen molar-refractivity contribution in [1.29, 1.82) is 5.26 Å². The molecule has 1 aliphatic rings. The standard InChI is InChI=1S/C26H24N8O3/c1-16-30-15-33(31-16)25-23-22(21(37-3)13-29-25)20(12-28-23)24(35)26(36)34-10-9-18(14-32(34)2)19(11-27)17-7-5-4-6-8-17/h4-8,12-13,15,28H,9-10,14H2,1-3H3. The molecule has 0 radical (unpaired) electrons. The van der Waals surface area contributed by atoms with Crippen LogP contribution in [0.5, 0.6) is 5.75 Å². The Kier molecular flexibility index (Phi) is 6.25. The van der Waals surface area contributed by atoms with E-state index in [0.29, 0.717) is 46.8 Å². The van der Waals surface area contributed by atoms with E-state index in [1.54, 1.807) is 19.0 Å². The highest BCUT2D eigenvalue weighted by atomic mass is 16.5. The van der Waals surface area contributed by atoms with Crippen LogP contribution in [0, 0.1) is 18.3 Å². The van der Waals surface area contributed by atoms with Gasteiger partial charge in [-0.05, 0) is 24.5 Å². The highest BCUT2D eigenvalue weighted by molar-refractivity contribution is 6.45. The van der Waals surface area contributed by atoms with Crippen LogP contribution in [-0.2, 0) is 4.79 Å². The van der Waals surface area contributed by atoms with Gasteiger partial charge in [0.1, 0.15) is 17.9 Å². The van der Waals surface area contributed by atoms with Crippen molar-refractivity contribution in [2.24, 2.45) is 0 Å². The first-order chi connectivity index (χ1) is 17.9. The van der Waals surface area contributed by atoms with Crippen LogP contribution in [0.1, 0.15) is 28.2 Å². The van der Waals surface area contributed by atoms with Crippen LogP contribution >= 0.6 is 0 Å². The van der Waals surface area contributed by atoms with Gasteiger partial charge in [0.2, 0.25) is 0 Å². The Balaban J connectivity index is 1.44. The number of hydrogen-bond donors (Lipinski definition) is 1. The van der Waals surface area contributed by atoms with Crippen LogP contribution in [0.4, 0.5) is 0 Å². The molecule has 11 nitrogen and oxygen atoms in total. The molecule has 1 saturated heterocycles. The number of aromatic amines is 1. The summed E-state index contributed by atoms with van der Waals surface area (Å²) in [4.78, 5) is 38.4. The van der Waals surface area contributed by atoms with Gasteiger partial charge in [-0.25, -0.2) is 19.7 Å². The van der Waals surface area contributed by atoms with Crippen molar-refractivity contribution in [3.8, 4) is 17.6 Å². The first kappa shape index (κ1) is 23.9. The van der Waals surface area contributed by atoms with E-state index in [-0.39, 0.29) is 12.1 Å². The number of benzene rings is 1. The maximum absolute atomic E-state index is 13.5. The average Bonchev–Trinajstić information content (AvgIpc) is 3.55. The Hall–Kier alpha value is -4.82. The highest BCUT2D eigenvalue weighted by Gasteiger charge is 2.33. The third-order valence-corrected chi connectivity index (χ3v) is 6.36. The minimum atomic E-state index is -0.681. The lowest BCUT2D eigenvalue weighted by atomic mass is 9.97. The number of nitrogens with one attached hydrogen (secondary N) is 1. The number of Topliss-reactive ketones (excluding diaryl/α,β-unsaturated/α-hetero) is 1. The fourth-order valence-electron chi connectivity index (χ4n) is 4.56. The number of likely N-dealkylation sites (N-methyl/N-ethyl adjacent to an activating group) is 1. The number of nitriles is 1. The van der Waals surface area contributed by atoms with Crippen molar-refractivity contribution >= 4 is 28.2 Å². The van der Waals surface area contributed by atoms with Crippen molar-refractivity contribution in [3.63, 3.8) is 0 Å². The maximum Gasteiger partial charge on any atom is 0.309 e. The number of nitrogens with zero attached hydrogens (tertiary/aromatic N) is 7. The van der Waals surface area contributed by atoms with Crippen molar-refractivity contribution in [2.75, 3.05) is 27.2 Å². The zero-order valence-electron chi connectivity index (χ0n) is 20.6. The van der Waals surface area contributed by atoms with E-state index >= 15 is 0 Å². The molecule has 0 atom stereocenters. The van der Waals surface area contributed by atoms with Crippen LogP contribution in [0.25, 0.3) is 22.3 Å². The number of ketones is 1. The smallest absolute Gasteiger partial charge is 0.309 e. The van der Waals surface area contributed by atoms with Gasteiger partial charge in [-0.3, -0.25) is 14.6 Å². The molecule has 0 spiro atoms. The number of amides is 1. The van der Waals surface area contributed by atoms with E-state index < -0.39 is 11.7 Å². The van der Waals surface area contributed by atoms with E-state index in [0.717, 1.165) is 11.1 Å². The summed E-state index contributed by atoms with van der Waals surface area (Å²) in [5, 5.41) is 17.6. The normalized spacial score (nSPS) is 15.5. The number of hydrazine groups is 1. The Bertz CT molecular complexity index is 1580. The number of hydrogen-bond acceptors (Lipinski definition) is 8. The molecule has 5 rings (SSSR count). The van der Waals surface area contributed by atoms with Crippen LogP contribution in [0.2, 0.25) is 0 Å². The number of pyridine rings is 1. The van der Waals surface area contributed by atoms with E-state index in [4.69, 9.17) is 4.74 Å². The Morgan fingerprint density at radius 2 is 1.97 bits per heavy atom. The van der Waals surface area contributed by atoms with Crippen LogP contribution < -0.4 is 4.74 Å². The molecular formula is C26H24N8O3. The van der Waals surface area contributed by atoms with E-state index in [2.05, 4.69) is 26.1 Å². The predicted octanol–water partition coefficient (Wildman–Crippen LogP) is 2.70. The molecule has 3 aromatic heterocycles. The number of H-pyrrole nitrogens is 1. The van der Waals surface area contributed by atoms with Crippen molar-refractivity contribution in [1.82, 2.24) is 34.8 Å². The topological polar surface area (TPSA) is 133 Å². The lowest BCUT2D eigenvalue weighted by Gasteiger charge is -2.37. The van der Waals surface area contributed by atoms with E-state index in [9.17, 15) is 14.9 Å². The molecule has 0 unspecified atom stereocenters. The minimum Gasteiger partial charge on any atom is -0.494 e. The van der Waals surface area contributed by atoms with Gasteiger partial charge in [-0.2, -0.15) is 10.4 Å². The van der Waals surface area contributed by atoms with Gasteiger partial charge < -0.3 is 9.72 Å². The predicted molar refractivity (Wildman–Crippen MR) is 135 cm³/mol. The molecule has 1 aromatic carbocycles. The molecule has 0 bridgehead atoms. The molecule has 4 aromatic rings. The quantitative estimate of drug-likeness (QED) is 0.253. The summed E-state index contributed by atoms with van der Waals surface area (Å²) in [5.74, 6) is -0.00128. The number of allylic oxidation sites excluding steroid dienone is 1. The molecule has 186 valence electrons. The van der Waals surface area contributed by atoms with Gasteiger partial charge in [0.15, 0.2) is 5.82 Å². The number of methoxy groups -OCH3 is 1. The fraction of sp³-hybridized carbons (Fsp3) is 0.231. The fourth-order valence-corrected chi connectivity index (χ4v) is 4.56. The monoisotopic (exact) mass is 496 g/mol. The van der Waals surface area contributed by atoms with Gasteiger partial charge in [-0.15, -0.1) is 0 Å². The van der Waals surface area contributed by atoms with Crippen molar-refractivity contribution < 1.29 is 14.3 Å². The van der Waals surface area contributed by atoms with Gasteiger partial charge >= 0.3 is 5.91 Å². The summed E-state index contributed by atoms with van der Waals surface area (Å²) in [5.41, 5.74) is 3.02. The lowest BCUT2D eigenvalue weighted by Crippen LogP contribution is -2.51. The summed E-state index contributed by atoms with van der Waals surface area (Å²) < 4.78 is 6.96. The molecule has 0 saturated carbocycles. The van der Waals surface area contributed by atoms with Gasteiger partial charge in [-0.1, -0.05) is 30.3 Å². The Labute approximate surface area is 212 Å². The second-order valence-corrected chi connectivity index (χ2v) is 8.62. The summed E-state index contributed by atoms with van der Waals surface area (Å²) in [6.07, 6.45) is 4.98. The zero-order chi connectivity index (χ0) is 26.1. The molecule has 1 amide bonds. The average molecular weight is 497 g/mol. The van der Waals surface area contributed by atoms with Crippen molar-refractivity contribution in [2.45, 2.75) is 13.3 Å². The molecule has 11 heteroatoms. The molecule has 1 aliphatic heterocycles. The molecular weight excluding hydrogens is 472 g/mol. The number of carbonyl (C=O) groups excluding carboxylic acids is 2. The molecule has 1 fully saturated rings. The summed E-state index contributed by atoms with van der Waals surface area (Å²) in [6, 6.07) is 11.7. The number of carbonyl (C=O) groups is 2. The second kappa shape index (κ2) is 9.67. The van der Waals surface area contributed by atoms with E-state index in [1.165, 1.54) is 35.5 Å². The number of fused-ring (bicyclic) bond motifs is 1. The molecule has 0 aliphatic carbocycles. The first-order valence-corrected chi connectivity index (χ1v) is 11.6. The van der Waals surface area contributed by atoms with Crippen molar-refractivity contribution in [3.05, 3.63) is 71.6 Å². The van der Waals surface area contributed by atoms with Crippen LogP contribution in [0.3, 0.4) is 0 Å². The third-order valence-electron chi connectivity index (χ3n) is 6.36. The summed E-state index contributed by atoms with van der Waals surface area (Å²) in [7, 11) is 3.21. The molecule has 37 heavy (non-hydrogen) atoms. The maximum atomic E-state index is 13.5. The first-order valence-electron chi connectivity index (χ1n) is 11.6. The van der Waals surface area contributed by atoms with E-state index in [1.807, 2.05) is 30.3 Å². The molecule has 1 N–H and O–H groups in total.